The second kappa shape index (κ2) is 5.72. The number of carbonyl (C=O) groups excluding carboxylic acids is 1. The highest BCUT2D eigenvalue weighted by Crippen LogP contribution is 2.11. The van der Waals surface area contributed by atoms with Crippen molar-refractivity contribution in [3.8, 4) is 0 Å². The second-order valence-corrected chi connectivity index (χ2v) is 4.10. The molecule has 2 rings (SSSR count). The van der Waals surface area contributed by atoms with Gasteiger partial charge in [0.25, 0.3) is 0 Å². The van der Waals surface area contributed by atoms with E-state index in [1.54, 1.807) is 29.6 Å². The normalized spacial score (nSPS) is 10.4. The van der Waals surface area contributed by atoms with Crippen molar-refractivity contribution in [2.45, 2.75) is 13.1 Å². The van der Waals surface area contributed by atoms with Gasteiger partial charge in [-0.1, -0.05) is 15.9 Å². The molecule has 0 spiro atoms. The van der Waals surface area contributed by atoms with E-state index in [1.807, 2.05) is 12.1 Å². The third kappa shape index (κ3) is 3.23. The Bertz CT molecular complexity index is 414. The molecule has 0 unspecified atom stereocenters. The van der Waals surface area contributed by atoms with Crippen molar-refractivity contribution in [2.24, 2.45) is 0 Å². The van der Waals surface area contributed by atoms with E-state index >= 15 is 0 Å². The largest absolute Gasteiger partial charge is 0.467 e. The monoisotopic (exact) mass is 297 g/mol. The van der Waals surface area contributed by atoms with Gasteiger partial charge in [-0.15, -0.1) is 0 Å². The summed E-state index contributed by atoms with van der Waals surface area (Å²) in [5.74, 6) is 1.51. The summed E-state index contributed by atoms with van der Waals surface area (Å²) in [6.45, 7) is 0.885. The third-order valence-electron chi connectivity index (χ3n) is 2.32. The number of halogens is 1. The summed E-state index contributed by atoms with van der Waals surface area (Å²) in [4.78, 5) is 13.4. The van der Waals surface area contributed by atoms with Crippen LogP contribution < -0.4 is 0 Å². The summed E-state index contributed by atoms with van der Waals surface area (Å²) in [5, 5.41) is 0.286. The van der Waals surface area contributed by atoms with Crippen molar-refractivity contribution in [3.63, 3.8) is 0 Å². The predicted molar refractivity (Wildman–Crippen MR) is 65.5 cm³/mol. The Morgan fingerprint density at radius 2 is 1.65 bits per heavy atom. The standard InChI is InChI=1S/C12H12BrNO3/c13-7-12(15)14(8-10-3-1-5-16-10)9-11-4-2-6-17-11/h1-6H,7-9H2. The summed E-state index contributed by atoms with van der Waals surface area (Å²) in [5.41, 5.74) is 0. The van der Waals surface area contributed by atoms with Gasteiger partial charge in [0, 0.05) is 0 Å². The van der Waals surface area contributed by atoms with E-state index < -0.39 is 0 Å². The fourth-order valence-electron chi connectivity index (χ4n) is 1.50. The fourth-order valence-corrected chi connectivity index (χ4v) is 1.85. The average molecular weight is 298 g/mol. The van der Waals surface area contributed by atoms with Crippen LogP contribution >= 0.6 is 15.9 Å². The molecule has 2 heterocycles. The van der Waals surface area contributed by atoms with Crippen LogP contribution in [-0.4, -0.2) is 16.1 Å². The third-order valence-corrected chi connectivity index (χ3v) is 2.80. The SMILES string of the molecule is O=C(CBr)N(Cc1ccco1)Cc1ccco1. The molecule has 2 aromatic heterocycles. The summed E-state index contributed by atoms with van der Waals surface area (Å²) in [6.07, 6.45) is 3.19. The molecule has 0 N–H and O–H groups in total. The maximum atomic E-state index is 11.8. The van der Waals surface area contributed by atoms with E-state index in [4.69, 9.17) is 8.83 Å². The lowest BCUT2D eigenvalue weighted by molar-refractivity contribution is -0.130. The molecule has 0 radical (unpaired) electrons. The zero-order valence-corrected chi connectivity index (χ0v) is 10.7. The molecule has 0 bridgehead atoms. The second-order valence-electron chi connectivity index (χ2n) is 3.54. The van der Waals surface area contributed by atoms with E-state index in [0.717, 1.165) is 11.5 Å². The highest BCUT2D eigenvalue weighted by Gasteiger charge is 2.15. The van der Waals surface area contributed by atoms with Crippen LogP contribution in [0, 0.1) is 0 Å². The van der Waals surface area contributed by atoms with Gasteiger partial charge in [-0.25, -0.2) is 0 Å². The van der Waals surface area contributed by atoms with Crippen LogP contribution in [0.15, 0.2) is 45.6 Å². The minimum atomic E-state index is -0.00204. The molecule has 2 aromatic rings. The Balaban J connectivity index is 2.05. The first-order valence-electron chi connectivity index (χ1n) is 5.18. The number of rotatable bonds is 5. The van der Waals surface area contributed by atoms with Crippen LogP contribution in [-0.2, 0) is 17.9 Å². The predicted octanol–water partition coefficient (Wildman–Crippen LogP) is 2.80. The quantitative estimate of drug-likeness (QED) is 0.797. The molecule has 1 amide bonds. The van der Waals surface area contributed by atoms with Crippen LogP contribution in [0.25, 0.3) is 0 Å². The summed E-state index contributed by atoms with van der Waals surface area (Å²) in [6, 6.07) is 7.30. The van der Waals surface area contributed by atoms with Gasteiger partial charge < -0.3 is 13.7 Å². The van der Waals surface area contributed by atoms with Crippen LogP contribution in [0.4, 0.5) is 0 Å². The Kier molecular flexibility index (Phi) is 4.03. The molecule has 0 saturated carbocycles. The Morgan fingerprint density at radius 3 is 2.00 bits per heavy atom. The van der Waals surface area contributed by atoms with Crippen molar-refractivity contribution in [2.75, 3.05) is 5.33 Å². The van der Waals surface area contributed by atoms with E-state index in [0.29, 0.717) is 13.1 Å². The van der Waals surface area contributed by atoms with E-state index in [-0.39, 0.29) is 11.2 Å². The van der Waals surface area contributed by atoms with Gasteiger partial charge in [0.2, 0.25) is 5.91 Å². The highest BCUT2D eigenvalue weighted by molar-refractivity contribution is 9.09. The number of carbonyl (C=O) groups is 1. The van der Waals surface area contributed by atoms with E-state index in [9.17, 15) is 4.79 Å². The average Bonchev–Trinajstić information content (AvgIpc) is 3.00. The lowest BCUT2D eigenvalue weighted by Crippen LogP contribution is -2.30. The fraction of sp³-hybridized carbons (Fsp3) is 0.250. The lowest BCUT2D eigenvalue weighted by atomic mass is 10.3. The van der Waals surface area contributed by atoms with Gasteiger partial charge in [-0.2, -0.15) is 0 Å². The molecule has 0 aromatic carbocycles. The summed E-state index contributed by atoms with van der Waals surface area (Å²) in [7, 11) is 0. The topological polar surface area (TPSA) is 46.6 Å². The molecule has 0 aliphatic rings. The Hall–Kier alpha value is -1.49. The van der Waals surface area contributed by atoms with Crippen LogP contribution in [0.2, 0.25) is 0 Å². The van der Waals surface area contributed by atoms with Gasteiger partial charge in [0.1, 0.15) is 11.5 Å². The molecule has 0 aliphatic carbocycles. The van der Waals surface area contributed by atoms with Gasteiger partial charge in [0.05, 0.1) is 30.9 Å². The maximum absolute atomic E-state index is 11.8. The smallest absolute Gasteiger partial charge is 0.234 e. The van der Waals surface area contributed by atoms with Gasteiger partial charge in [-0.3, -0.25) is 4.79 Å². The number of nitrogens with zero attached hydrogens (tertiary/aromatic N) is 1. The molecule has 4 nitrogen and oxygen atoms in total. The highest BCUT2D eigenvalue weighted by atomic mass is 79.9. The molecule has 0 saturated heterocycles. The molecule has 0 fully saturated rings. The first-order valence-corrected chi connectivity index (χ1v) is 6.30. The van der Waals surface area contributed by atoms with Gasteiger partial charge >= 0.3 is 0 Å². The van der Waals surface area contributed by atoms with Crippen LogP contribution in [0.5, 0.6) is 0 Å². The number of hydrogen-bond acceptors (Lipinski definition) is 3. The van der Waals surface area contributed by atoms with Gasteiger partial charge in [0.15, 0.2) is 0 Å². The van der Waals surface area contributed by atoms with Crippen LogP contribution in [0.1, 0.15) is 11.5 Å². The summed E-state index contributed by atoms with van der Waals surface area (Å²) >= 11 is 3.17. The first-order chi connectivity index (χ1) is 8.29. The van der Waals surface area contributed by atoms with Crippen molar-refractivity contribution in [1.29, 1.82) is 0 Å². The zero-order valence-electron chi connectivity index (χ0n) is 9.14. The van der Waals surface area contributed by atoms with Crippen LogP contribution in [0.3, 0.4) is 0 Å². The number of furan rings is 2. The Labute approximate surface area is 107 Å². The molecule has 5 heteroatoms. The molecule has 90 valence electrons. The molecule has 0 aliphatic heterocycles. The zero-order chi connectivity index (χ0) is 12.1. The minimum Gasteiger partial charge on any atom is -0.467 e. The van der Waals surface area contributed by atoms with Crippen molar-refractivity contribution >= 4 is 21.8 Å². The molecular formula is C12H12BrNO3. The molecule has 17 heavy (non-hydrogen) atoms. The van der Waals surface area contributed by atoms with Gasteiger partial charge in [-0.05, 0) is 24.3 Å². The lowest BCUT2D eigenvalue weighted by Gasteiger charge is -2.19. The van der Waals surface area contributed by atoms with Crippen molar-refractivity contribution < 1.29 is 13.6 Å². The molecule has 0 atom stereocenters. The summed E-state index contributed by atoms with van der Waals surface area (Å²) < 4.78 is 10.5. The van der Waals surface area contributed by atoms with Crippen molar-refractivity contribution in [3.05, 3.63) is 48.3 Å². The van der Waals surface area contributed by atoms with E-state index in [2.05, 4.69) is 15.9 Å². The number of alkyl halides is 1. The van der Waals surface area contributed by atoms with E-state index in [1.165, 1.54) is 0 Å². The number of amides is 1. The Morgan fingerprint density at radius 1 is 1.12 bits per heavy atom. The number of hydrogen-bond donors (Lipinski definition) is 0. The maximum Gasteiger partial charge on any atom is 0.234 e. The van der Waals surface area contributed by atoms with Crippen molar-refractivity contribution in [1.82, 2.24) is 4.90 Å². The molecular weight excluding hydrogens is 286 g/mol. The first kappa shape index (κ1) is 12.0. The minimum absolute atomic E-state index is 0.00204.